The van der Waals surface area contributed by atoms with Gasteiger partial charge in [0.2, 0.25) is 0 Å². The number of nitro benzene ring substituents is 1. The number of hydrogen-bond donors (Lipinski definition) is 1. The summed E-state index contributed by atoms with van der Waals surface area (Å²) in [6, 6.07) is 5.56. The molecule has 0 spiro atoms. The molecule has 1 aliphatic rings. The molecular weight excluding hydrogens is 258 g/mol. The molecule has 1 aliphatic heterocycles. The van der Waals surface area contributed by atoms with Crippen LogP contribution in [-0.2, 0) is 0 Å². The van der Waals surface area contributed by atoms with Gasteiger partial charge in [0.25, 0.3) is 0 Å². The highest BCUT2D eigenvalue weighted by Gasteiger charge is 2.25. The van der Waals surface area contributed by atoms with Crippen LogP contribution >= 0.6 is 0 Å². The normalized spacial score (nSPS) is 15.0. The molecule has 1 aromatic rings. The Labute approximate surface area is 118 Å². The fraction of sp³-hybridized carbons (Fsp3) is 0.571. The summed E-state index contributed by atoms with van der Waals surface area (Å²) in [7, 11) is 0. The lowest BCUT2D eigenvalue weighted by Gasteiger charge is -2.39. The summed E-state index contributed by atoms with van der Waals surface area (Å²) in [6.45, 7) is 8.58. The van der Waals surface area contributed by atoms with E-state index < -0.39 is 4.92 Å². The summed E-state index contributed by atoms with van der Waals surface area (Å²) in [5.41, 5.74) is 0.991. The van der Waals surface area contributed by atoms with Gasteiger partial charge in [0, 0.05) is 37.5 Å². The lowest BCUT2D eigenvalue weighted by Crippen LogP contribution is -2.57. The van der Waals surface area contributed by atoms with E-state index in [-0.39, 0.29) is 11.8 Å². The predicted molar refractivity (Wildman–Crippen MR) is 78.5 cm³/mol. The minimum atomic E-state index is -0.400. The first kappa shape index (κ1) is 14.6. The van der Waals surface area contributed by atoms with Crippen LogP contribution in [0.3, 0.4) is 0 Å². The summed E-state index contributed by atoms with van der Waals surface area (Å²) in [4.78, 5) is 12.9. The van der Waals surface area contributed by atoms with Crippen LogP contribution in [0.25, 0.3) is 0 Å². The van der Waals surface area contributed by atoms with E-state index in [2.05, 4.69) is 17.1 Å². The van der Waals surface area contributed by atoms with E-state index in [4.69, 9.17) is 4.74 Å². The molecule has 0 saturated carbocycles. The van der Waals surface area contributed by atoms with Crippen molar-refractivity contribution in [2.45, 2.75) is 32.9 Å². The molecule has 1 fully saturated rings. The van der Waals surface area contributed by atoms with Gasteiger partial charge in [-0.15, -0.1) is 0 Å². The van der Waals surface area contributed by atoms with E-state index in [1.165, 1.54) is 6.07 Å². The van der Waals surface area contributed by atoms with E-state index >= 15 is 0 Å². The Kier molecular flexibility index (Phi) is 4.44. The molecule has 0 aromatic heterocycles. The van der Waals surface area contributed by atoms with Crippen molar-refractivity contribution < 1.29 is 9.66 Å². The minimum Gasteiger partial charge on any atom is -0.484 e. The first-order valence-corrected chi connectivity index (χ1v) is 6.95. The van der Waals surface area contributed by atoms with Crippen molar-refractivity contribution in [2.24, 2.45) is 0 Å². The highest BCUT2D eigenvalue weighted by Crippen LogP contribution is 2.33. The smallest absolute Gasteiger partial charge is 0.311 e. The molecule has 0 aliphatic carbocycles. The van der Waals surface area contributed by atoms with Gasteiger partial charge in [0.1, 0.15) is 0 Å². The average Bonchev–Trinajstić information content (AvgIpc) is 2.32. The number of ether oxygens (including phenoxy) is 1. The molecule has 6 heteroatoms. The summed E-state index contributed by atoms with van der Waals surface area (Å²) in [6.07, 6.45) is -0.0932. The molecule has 2 rings (SSSR count). The van der Waals surface area contributed by atoms with Crippen LogP contribution in [0.2, 0.25) is 0 Å². The lowest BCUT2D eigenvalue weighted by atomic mass is 10.1. The van der Waals surface area contributed by atoms with E-state index in [0.29, 0.717) is 11.8 Å². The standard InChI is InChI=1S/C14H21N3O3/c1-4-16(12-8-15-9-12)11-5-6-13(17(18)19)14(7-11)20-10(2)3/h5-7,10,12,15H,4,8-9H2,1-3H3. The highest BCUT2D eigenvalue weighted by molar-refractivity contribution is 5.60. The zero-order chi connectivity index (χ0) is 14.7. The molecule has 0 bridgehead atoms. The molecular formula is C14H21N3O3. The van der Waals surface area contributed by atoms with E-state index in [0.717, 1.165) is 25.3 Å². The van der Waals surface area contributed by atoms with Crippen LogP contribution < -0.4 is 15.0 Å². The van der Waals surface area contributed by atoms with Gasteiger partial charge in [0.05, 0.1) is 17.1 Å². The Morgan fingerprint density at radius 2 is 2.20 bits per heavy atom. The van der Waals surface area contributed by atoms with Crippen molar-refractivity contribution in [2.75, 3.05) is 24.5 Å². The van der Waals surface area contributed by atoms with E-state index in [1.54, 1.807) is 12.1 Å². The summed E-state index contributed by atoms with van der Waals surface area (Å²) in [5.74, 6) is 0.341. The first-order chi connectivity index (χ1) is 9.52. The molecule has 110 valence electrons. The van der Waals surface area contributed by atoms with Crippen LogP contribution in [0, 0.1) is 10.1 Å². The maximum absolute atomic E-state index is 11.1. The second-order valence-electron chi connectivity index (χ2n) is 5.17. The van der Waals surface area contributed by atoms with Crippen molar-refractivity contribution in [3.05, 3.63) is 28.3 Å². The fourth-order valence-corrected chi connectivity index (χ4v) is 2.33. The van der Waals surface area contributed by atoms with Gasteiger partial charge in [-0.1, -0.05) is 0 Å². The highest BCUT2D eigenvalue weighted by atomic mass is 16.6. The van der Waals surface area contributed by atoms with Crippen LogP contribution in [0.4, 0.5) is 11.4 Å². The Morgan fingerprint density at radius 1 is 1.50 bits per heavy atom. The van der Waals surface area contributed by atoms with Crippen LogP contribution in [-0.4, -0.2) is 36.7 Å². The van der Waals surface area contributed by atoms with E-state index in [9.17, 15) is 10.1 Å². The first-order valence-electron chi connectivity index (χ1n) is 6.95. The monoisotopic (exact) mass is 279 g/mol. The van der Waals surface area contributed by atoms with Crippen molar-refractivity contribution >= 4 is 11.4 Å². The second-order valence-corrected chi connectivity index (χ2v) is 5.17. The number of benzene rings is 1. The van der Waals surface area contributed by atoms with Crippen molar-refractivity contribution in [1.82, 2.24) is 5.32 Å². The van der Waals surface area contributed by atoms with Crippen LogP contribution in [0.1, 0.15) is 20.8 Å². The third-order valence-corrected chi connectivity index (χ3v) is 3.38. The van der Waals surface area contributed by atoms with E-state index in [1.807, 2.05) is 13.8 Å². The molecule has 0 unspecified atom stereocenters. The predicted octanol–water partition coefficient (Wildman–Crippen LogP) is 2.18. The maximum atomic E-state index is 11.1. The molecule has 1 saturated heterocycles. The molecule has 0 atom stereocenters. The number of nitrogens with zero attached hydrogens (tertiary/aromatic N) is 2. The number of anilines is 1. The molecule has 1 aromatic carbocycles. The number of nitro groups is 1. The minimum absolute atomic E-state index is 0.0187. The lowest BCUT2D eigenvalue weighted by molar-refractivity contribution is -0.386. The zero-order valence-corrected chi connectivity index (χ0v) is 12.1. The quantitative estimate of drug-likeness (QED) is 0.638. The molecule has 6 nitrogen and oxygen atoms in total. The van der Waals surface area contributed by atoms with Crippen LogP contribution in [0.15, 0.2) is 18.2 Å². The topological polar surface area (TPSA) is 67.6 Å². The summed E-state index contributed by atoms with van der Waals surface area (Å²) in [5, 5.41) is 14.3. The van der Waals surface area contributed by atoms with Gasteiger partial charge in [-0.25, -0.2) is 0 Å². The number of likely N-dealkylation sites (N-methyl/N-ethyl adjacent to an activating group) is 1. The number of hydrogen-bond acceptors (Lipinski definition) is 5. The summed E-state index contributed by atoms with van der Waals surface area (Å²) < 4.78 is 5.59. The SMILES string of the molecule is CCN(c1ccc([N+](=O)[O-])c(OC(C)C)c1)C1CNC1. The molecule has 20 heavy (non-hydrogen) atoms. The molecule has 1 heterocycles. The van der Waals surface area contributed by atoms with Crippen molar-refractivity contribution in [1.29, 1.82) is 0 Å². The third-order valence-electron chi connectivity index (χ3n) is 3.38. The van der Waals surface area contributed by atoms with Gasteiger partial charge in [-0.2, -0.15) is 0 Å². The van der Waals surface area contributed by atoms with Crippen molar-refractivity contribution in [3.8, 4) is 5.75 Å². The Bertz CT molecular complexity index is 487. The Hall–Kier alpha value is -1.82. The Morgan fingerprint density at radius 3 is 2.65 bits per heavy atom. The van der Waals surface area contributed by atoms with Gasteiger partial charge in [-0.05, 0) is 26.8 Å². The summed E-state index contributed by atoms with van der Waals surface area (Å²) >= 11 is 0. The van der Waals surface area contributed by atoms with Gasteiger partial charge in [0.15, 0.2) is 5.75 Å². The molecule has 1 N–H and O–H groups in total. The van der Waals surface area contributed by atoms with Gasteiger partial charge < -0.3 is 15.0 Å². The zero-order valence-electron chi connectivity index (χ0n) is 12.1. The largest absolute Gasteiger partial charge is 0.484 e. The Balaban J connectivity index is 2.31. The van der Waals surface area contributed by atoms with Crippen LogP contribution in [0.5, 0.6) is 5.75 Å². The average molecular weight is 279 g/mol. The number of rotatable bonds is 6. The fourth-order valence-electron chi connectivity index (χ4n) is 2.33. The number of nitrogens with one attached hydrogen (secondary N) is 1. The second kappa shape index (κ2) is 6.09. The maximum Gasteiger partial charge on any atom is 0.311 e. The molecule has 0 radical (unpaired) electrons. The van der Waals surface area contributed by atoms with Gasteiger partial charge in [-0.3, -0.25) is 10.1 Å². The van der Waals surface area contributed by atoms with Crippen molar-refractivity contribution in [3.63, 3.8) is 0 Å². The third kappa shape index (κ3) is 3.01. The molecule has 0 amide bonds. The van der Waals surface area contributed by atoms with Gasteiger partial charge >= 0.3 is 5.69 Å².